The highest BCUT2D eigenvalue weighted by molar-refractivity contribution is 5.91. The quantitative estimate of drug-likeness (QED) is 0.410. The van der Waals surface area contributed by atoms with E-state index in [0.29, 0.717) is 24.0 Å². The molecule has 2 aromatic heterocycles. The second kappa shape index (κ2) is 8.74. The number of benzene rings is 2. The van der Waals surface area contributed by atoms with Gasteiger partial charge >= 0.3 is 0 Å². The second-order valence-corrected chi connectivity index (χ2v) is 7.43. The Bertz CT molecular complexity index is 1150. The van der Waals surface area contributed by atoms with Crippen molar-refractivity contribution in [3.05, 3.63) is 90.3 Å². The minimum Gasteiger partial charge on any atom is -0.364 e. The number of carbonyl (C=O) groups excluding carboxylic acids is 1. The zero-order valence-electron chi connectivity index (χ0n) is 17.1. The van der Waals surface area contributed by atoms with Crippen LogP contribution in [0.5, 0.6) is 0 Å². The van der Waals surface area contributed by atoms with Crippen LogP contribution in [0.15, 0.2) is 79.1 Å². The summed E-state index contributed by atoms with van der Waals surface area (Å²) >= 11 is 0. The summed E-state index contributed by atoms with van der Waals surface area (Å²) in [5.74, 6) is 1.09. The summed E-state index contributed by atoms with van der Waals surface area (Å²) in [5, 5.41) is 4.50. The predicted molar refractivity (Wildman–Crippen MR) is 122 cm³/mol. The SMILES string of the molecule is CC(C)c1ccc(N(C=O)c2cccnc2NCc2ccnc3ccccc23)cc1. The number of nitrogens with one attached hydrogen (secondary N) is 1. The summed E-state index contributed by atoms with van der Waals surface area (Å²) in [4.78, 5) is 22.5. The number of hydrogen-bond acceptors (Lipinski definition) is 4. The number of amides is 1. The summed E-state index contributed by atoms with van der Waals surface area (Å²) in [6, 6.07) is 21.8. The Balaban J connectivity index is 1.62. The van der Waals surface area contributed by atoms with Gasteiger partial charge in [0.1, 0.15) is 0 Å². The molecule has 150 valence electrons. The molecule has 0 spiro atoms. The molecule has 2 heterocycles. The third-order valence-corrected chi connectivity index (χ3v) is 5.17. The molecule has 1 N–H and O–H groups in total. The van der Waals surface area contributed by atoms with Crippen molar-refractivity contribution in [1.82, 2.24) is 9.97 Å². The lowest BCUT2D eigenvalue weighted by molar-refractivity contribution is -0.106. The molecule has 0 radical (unpaired) electrons. The molecular formula is C25H24N4O. The zero-order chi connectivity index (χ0) is 20.9. The largest absolute Gasteiger partial charge is 0.364 e. The highest BCUT2D eigenvalue weighted by atomic mass is 16.1. The Morgan fingerprint density at radius 2 is 1.73 bits per heavy atom. The van der Waals surface area contributed by atoms with Gasteiger partial charge in [0.2, 0.25) is 6.41 Å². The number of pyridine rings is 2. The third-order valence-electron chi connectivity index (χ3n) is 5.17. The number of para-hydroxylation sites is 1. The third kappa shape index (κ3) is 4.01. The number of rotatable bonds is 7. The molecule has 30 heavy (non-hydrogen) atoms. The fraction of sp³-hybridized carbons (Fsp3) is 0.160. The molecular weight excluding hydrogens is 372 g/mol. The van der Waals surface area contributed by atoms with Gasteiger partial charge in [0.25, 0.3) is 0 Å². The van der Waals surface area contributed by atoms with Gasteiger partial charge in [0, 0.05) is 30.0 Å². The smallest absolute Gasteiger partial charge is 0.218 e. The molecule has 4 rings (SSSR count). The molecule has 5 heteroatoms. The van der Waals surface area contributed by atoms with Crippen LogP contribution in [0.25, 0.3) is 10.9 Å². The monoisotopic (exact) mass is 396 g/mol. The average molecular weight is 396 g/mol. The average Bonchev–Trinajstić information content (AvgIpc) is 2.79. The van der Waals surface area contributed by atoms with Crippen LogP contribution >= 0.6 is 0 Å². The van der Waals surface area contributed by atoms with Crippen molar-refractivity contribution in [3.63, 3.8) is 0 Å². The first-order chi connectivity index (χ1) is 14.7. The van der Waals surface area contributed by atoms with Crippen molar-refractivity contribution in [2.24, 2.45) is 0 Å². The maximum atomic E-state index is 12.0. The Morgan fingerprint density at radius 1 is 0.933 bits per heavy atom. The van der Waals surface area contributed by atoms with Crippen LogP contribution in [-0.4, -0.2) is 16.4 Å². The predicted octanol–water partition coefficient (Wildman–Crippen LogP) is 5.66. The zero-order valence-corrected chi connectivity index (χ0v) is 17.1. The number of fused-ring (bicyclic) bond motifs is 1. The number of aromatic nitrogens is 2. The maximum absolute atomic E-state index is 12.0. The lowest BCUT2D eigenvalue weighted by Gasteiger charge is -2.21. The maximum Gasteiger partial charge on any atom is 0.218 e. The van der Waals surface area contributed by atoms with Crippen LogP contribution in [-0.2, 0) is 11.3 Å². The molecule has 0 aliphatic rings. The van der Waals surface area contributed by atoms with Crippen LogP contribution in [0, 0.1) is 0 Å². The molecule has 0 fully saturated rings. The Morgan fingerprint density at radius 3 is 2.50 bits per heavy atom. The van der Waals surface area contributed by atoms with Gasteiger partial charge in [-0.3, -0.25) is 14.7 Å². The highest BCUT2D eigenvalue weighted by Crippen LogP contribution is 2.31. The van der Waals surface area contributed by atoms with Crippen molar-refractivity contribution in [3.8, 4) is 0 Å². The minimum atomic E-state index is 0.439. The fourth-order valence-electron chi connectivity index (χ4n) is 3.49. The molecule has 2 aromatic carbocycles. The summed E-state index contributed by atoms with van der Waals surface area (Å²) in [6.45, 7) is 4.88. The first-order valence-corrected chi connectivity index (χ1v) is 10.0. The lowest BCUT2D eigenvalue weighted by Crippen LogP contribution is -2.17. The van der Waals surface area contributed by atoms with Gasteiger partial charge in [-0.25, -0.2) is 4.98 Å². The van der Waals surface area contributed by atoms with Gasteiger partial charge in [-0.05, 0) is 53.4 Å². The minimum absolute atomic E-state index is 0.439. The summed E-state index contributed by atoms with van der Waals surface area (Å²) in [5.41, 5.74) is 4.83. The van der Waals surface area contributed by atoms with E-state index in [1.54, 1.807) is 11.1 Å². The van der Waals surface area contributed by atoms with Crippen molar-refractivity contribution < 1.29 is 4.79 Å². The molecule has 0 saturated heterocycles. The molecule has 0 aliphatic carbocycles. The summed E-state index contributed by atoms with van der Waals surface area (Å²) < 4.78 is 0. The van der Waals surface area contributed by atoms with Gasteiger partial charge in [-0.15, -0.1) is 0 Å². The highest BCUT2D eigenvalue weighted by Gasteiger charge is 2.14. The van der Waals surface area contributed by atoms with E-state index < -0.39 is 0 Å². The Kier molecular flexibility index (Phi) is 5.70. The van der Waals surface area contributed by atoms with Crippen LogP contribution in [0.4, 0.5) is 17.2 Å². The lowest BCUT2D eigenvalue weighted by atomic mass is 10.0. The van der Waals surface area contributed by atoms with Crippen molar-refractivity contribution >= 4 is 34.5 Å². The normalized spacial score (nSPS) is 10.9. The van der Waals surface area contributed by atoms with Crippen LogP contribution in [0.2, 0.25) is 0 Å². The first kappa shape index (κ1) is 19.6. The summed E-state index contributed by atoms with van der Waals surface area (Å²) in [6.07, 6.45) is 4.36. The molecule has 0 saturated carbocycles. The molecule has 0 unspecified atom stereocenters. The van der Waals surface area contributed by atoms with Crippen LogP contribution in [0.3, 0.4) is 0 Å². The topological polar surface area (TPSA) is 58.1 Å². The van der Waals surface area contributed by atoms with Crippen LogP contribution < -0.4 is 10.2 Å². The van der Waals surface area contributed by atoms with Gasteiger partial charge in [0.15, 0.2) is 5.82 Å². The molecule has 0 bridgehead atoms. The fourth-order valence-corrected chi connectivity index (χ4v) is 3.49. The standard InChI is InChI=1S/C25H24N4O/c1-18(2)19-9-11-21(12-10-19)29(17-30)24-8-5-14-27-25(24)28-16-20-13-15-26-23-7-4-3-6-22(20)23/h3-15,17-18H,16H2,1-2H3,(H,27,28). The molecule has 0 aliphatic heterocycles. The van der Waals surface area contributed by atoms with E-state index >= 15 is 0 Å². The molecule has 4 aromatic rings. The summed E-state index contributed by atoms with van der Waals surface area (Å²) in [7, 11) is 0. The van der Waals surface area contributed by atoms with E-state index in [1.165, 1.54) is 5.56 Å². The van der Waals surface area contributed by atoms with Gasteiger partial charge in [-0.2, -0.15) is 0 Å². The molecule has 1 amide bonds. The van der Waals surface area contributed by atoms with Crippen molar-refractivity contribution in [2.75, 3.05) is 10.2 Å². The van der Waals surface area contributed by atoms with E-state index in [9.17, 15) is 4.79 Å². The second-order valence-electron chi connectivity index (χ2n) is 7.43. The van der Waals surface area contributed by atoms with E-state index in [0.717, 1.165) is 28.6 Å². The Labute approximate surface area is 176 Å². The van der Waals surface area contributed by atoms with Crippen molar-refractivity contribution in [2.45, 2.75) is 26.3 Å². The van der Waals surface area contributed by atoms with Crippen LogP contribution in [0.1, 0.15) is 30.9 Å². The number of nitrogens with zero attached hydrogens (tertiary/aromatic N) is 3. The number of hydrogen-bond donors (Lipinski definition) is 1. The first-order valence-electron chi connectivity index (χ1n) is 10.0. The molecule has 5 nitrogen and oxygen atoms in total. The number of anilines is 3. The van der Waals surface area contributed by atoms with Gasteiger partial charge in [0.05, 0.1) is 11.2 Å². The van der Waals surface area contributed by atoms with E-state index in [-0.39, 0.29) is 0 Å². The van der Waals surface area contributed by atoms with Gasteiger partial charge < -0.3 is 5.32 Å². The van der Waals surface area contributed by atoms with Gasteiger partial charge in [-0.1, -0.05) is 44.2 Å². The van der Waals surface area contributed by atoms with Crippen molar-refractivity contribution in [1.29, 1.82) is 0 Å². The van der Waals surface area contributed by atoms with E-state index in [2.05, 4.69) is 47.3 Å². The Hall–Kier alpha value is -3.73. The molecule has 0 atom stereocenters. The van der Waals surface area contributed by atoms with E-state index in [4.69, 9.17) is 0 Å². The van der Waals surface area contributed by atoms with E-state index in [1.807, 2.05) is 54.7 Å². The number of carbonyl (C=O) groups is 1.